The van der Waals surface area contributed by atoms with Crippen LogP contribution in [0.2, 0.25) is 0 Å². The van der Waals surface area contributed by atoms with E-state index in [1.807, 2.05) is 53.4 Å². The van der Waals surface area contributed by atoms with Crippen LogP contribution in [0.15, 0.2) is 53.6 Å². The molecule has 2 unspecified atom stereocenters. The average Bonchev–Trinajstić information content (AvgIpc) is 3.35. The lowest BCUT2D eigenvalue weighted by atomic mass is 9.98. The van der Waals surface area contributed by atoms with E-state index in [9.17, 15) is 9.59 Å². The third kappa shape index (κ3) is 5.65. The highest BCUT2D eigenvalue weighted by Crippen LogP contribution is 2.34. The molecule has 0 bridgehead atoms. The Labute approximate surface area is 206 Å². The summed E-state index contributed by atoms with van der Waals surface area (Å²) in [5, 5.41) is 6.35. The predicted molar refractivity (Wildman–Crippen MR) is 133 cm³/mol. The zero-order valence-electron chi connectivity index (χ0n) is 20.6. The number of methoxy groups -OCH3 is 2. The van der Waals surface area contributed by atoms with E-state index in [-0.39, 0.29) is 24.5 Å². The first-order valence-corrected chi connectivity index (χ1v) is 12.1. The van der Waals surface area contributed by atoms with Crippen molar-refractivity contribution >= 4 is 17.6 Å². The van der Waals surface area contributed by atoms with Crippen molar-refractivity contribution in [2.45, 2.75) is 44.7 Å². The van der Waals surface area contributed by atoms with E-state index >= 15 is 0 Å². The second-order valence-corrected chi connectivity index (χ2v) is 8.74. The van der Waals surface area contributed by atoms with Gasteiger partial charge in [-0.3, -0.25) is 14.5 Å². The maximum absolute atomic E-state index is 13.6. The van der Waals surface area contributed by atoms with E-state index in [1.165, 1.54) is 0 Å². The van der Waals surface area contributed by atoms with Crippen LogP contribution in [0.3, 0.4) is 0 Å². The molecule has 2 aliphatic rings. The van der Waals surface area contributed by atoms with Gasteiger partial charge in [-0.1, -0.05) is 30.7 Å². The second-order valence-electron chi connectivity index (χ2n) is 8.74. The molecular weight excluding hydrogens is 446 g/mol. The number of ether oxygens (including phenoxy) is 3. The average molecular weight is 480 g/mol. The number of amides is 1. The van der Waals surface area contributed by atoms with Gasteiger partial charge in [0.05, 0.1) is 39.1 Å². The molecule has 0 aromatic heterocycles. The van der Waals surface area contributed by atoms with Crippen molar-refractivity contribution in [1.82, 2.24) is 9.91 Å². The molecule has 1 amide bonds. The highest BCUT2D eigenvalue weighted by atomic mass is 16.5. The molecule has 1 saturated heterocycles. The van der Waals surface area contributed by atoms with Crippen molar-refractivity contribution < 1.29 is 23.8 Å². The number of likely N-dealkylation sites (tertiary alicyclic amines) is 1. The summed E-state index contributed by atoms with van der Waals surface area (Å²) in [6, 6.07) is 14.8. The maximum atomic E-state index is 13.6. The van der Waals surface area contributed by atoms with E-state index in [4.69, 9.17) is 19.3 Å². The van der Waals surface area contributed by atoms with Gasteiger partial charge in [-0.2, -0.15) is 5.10 Å². The van der Waals surface area contributed by atoms with Crippen LogP contribution < -0.4 is 9.47 Å². The lowest BCUT2D eigenvalue weighted by molar-refractivity contribution is -0.152. The number of piperidine rings is 1. The molecule has 186 valence electrons. The minimum absolute atomic E-state index is 0.116. The molecule has 2 aliphatic heterocycles. The van der Waals surface area contributed by atoms with Crippen LogP contribution in [0.1, 0.15) is 49.8 Å². The lowest BCUT2D eigenvalue weighted by Gasteiger charge is -2.34. The van der Waals surface area contributed by atoms with Crippen molar-refractivity contribution in [3.05, 3.63) is 59.7 Å². The number of hydrazone groups is 1. The molecule has 2 aromatic carbocycles. The Balaban J connectivity index is 1.60. The minimum atomic E-state index is -0.392. The number of esters is 1. The molecule has 1 fully saturated rings. The van der Waals surface area contributed by atoms with E-state index in [0.29, 0.717) is 26.0 Å². The molecule has 8 heteroatoms. The highest BCUT2D eigenvalue weighted by Gasteiger charge is 2.37. The van der Waals surface area contributed by atoms with E-state index < -0.39 is 6.04 Å². The lowest BCUT2D eigenvalue weighted by Crippen LogP contribution is -2.49. The van der Waals surface area contributed by atoms with E-state index in [2.05, 4.69) is 0 Å². The first kappa shape index (κ1) is 24.7. The molecule has 8 nitrogen and oxygen atoms in total. The number of carbonyl (C=O) groups excluding carboxylic acids is 2. The Hall–Kier alpha value is -3.39. The molecule has 0 saturated carbocycles. The van der Waals surface area contributed by atoms with Crippen molar-refractivity contribution in [1.29, 1.82) is 0 Å². The zero-order valence-corrected chi connectivity index (χ0v) is 20.6. The molecule has 2 heterocycles. The van der Waals surface area contributed by atoms with Crippen molar-refractivity contribution in [2.75, 3.05) is 33.9 Å². The third-order valence-corrected chi connectivity index (χ3v) is 6.58. The molecule has 0 spiro atoms. The van der Waals surface area contributed by atoms with Gasteiger partial charge < -0.3 is 14.2 Å². The number of hydrogen-bond acceptors (Lipinski definition) is 7. The first-order chi connectivity index (χ1) is 17.0. The van der Waals surface area contributed by atoms with Gasteiger partial charge in [-0.15, -0.1) is 0 Å². The maximum Gasteiger partial charge on any atom is 0.323 e. The predicted octanol–water partition coefficient (Wildman–Crippen LogP) is 3.80. The summed E-state index contributed by atoms with van der Waals surface area (Å²) in [5.41, 5.74) is 2.71. The van der Waals surface area contributed by atoms with E-state index in [1.54, 1.807) is 26.2 Å². The fourth-order valence-electron chi connectivity index (χ4n) is 4.73. The van der Waals surface area contributed by atoms with Crippen molar-refractivity contribution in [2.24, 2.45) is 5.10 Å². The molecular formula is C27H33N3O5. The summed E-state index contributed by atoms with van der Waals surface area (Å²) in [5.74, 6) is 1.10. The van der Waals surface area contributed by atoms with Gasteiger partial charge in [-0.05, 0) is 56.1 Å². The Bertz CT molecular complexity index is 1070. The van der Waals surface area contributed by atoms with Gasteiger partial charge >= 0.3 is 5.97 Å². The summed E-state index contributed by atoms with van der Waals surface area (Å²) in [6.07, 6.45) is 3.17. The van der Waals surface area contributed by atoms with Gasteiger partial charge in [0.15, 0.2) is 0 Å². The third-order valence-electron chi connectivity index (χ3n) is 6.58. The van der Waals surface area contributed by atoms with Gasteiger partial charge in [0.1, 0.15) is 17.5 Å². The first-order valence-electron chi connectivity index (χ1n) is 12.1. The fraction of sp³-hybridized carbons (Fsp3) is 0.444. The van der Waals surface area contributed by atoms with Crippen LogP contribution in [0.25, 0.3) is 0 Å². The van der Waals surface area contributed by atoms with E-state index in [0.717, 1.165) is 41.2 Å². The number of carbonyl (C=O) groups is 2. The Morgan fingerprint density at radius 3 is 2.51 bits per heavy atom. The quantitative estimate of drug-likeness (QED) is 0.536. The monoisotopic (exact) mass is 479 g/mol. The Morgan fingerprint density at radius 2 is 1.80 bits per heavy atom. The summed E-state index contributed by atoms with van der Waals surface area (Å²) in [6.45, 7) is 2.93. The molecule has 4 rings (SSSR count). The molecule has 2 aromatic rings. The van der Waals surface area contributed by atoms with Gasteiger partial charge in [0.2, 0.25) is 0 Å². The molecule has 0 N–H and O–H groups in total. The Kier molecular flexibility index (Phi) is 8.02. The SMILES string of the molecule is CCOC(=O)C1CCCCN1CC(=O)N1N=C(c2cccc(OC)c2)CC1c1ccc(OC)cc1. The topological polar surface area (TPSA) is 80.7 Å². The second kappa shape index (κ2) is 11.4. The van der Waals surface area contributed by atoms with Crippen LogP contribution in [0.5, 0.6) is 11.5 Å². The van der Waals surface area contributed by atoms with Crippen LogP contribution in [-0.4, -0.2) is 67.5 Å². The Morgan fingerprint density at radius 1 is 1.03 bits per heavy atom. The molecule has 2 atom stereocenters. The molecule has 35 heavy (non-hydrogen) atoms. The minimum Gasteiger partial charge on any atom is -0.497 e. The number of hydrogen-bond donors (Lipinski definition) is 0. The standard InChI is InChI=1S/C27H33N3O5/c1-4-35-27(32)24-10-5-6-15-29(24)18-26(31)30-25(19-11-13-21(33-2)14-12-19)17-23(28-30)20-8-7-9-22(16-20)34-3/h7-9,11-14,16,24-25H,4-6,10,15,17-18H2,1-3H3. The largest absolute Gasteiger partial charge is 0.497 e. The summed E-state index contributed by atoms with van der Waals surface area (Å²) >= 11 is 0. The zero-order chi connectivity index (χ0) is 24.8. The highest BCUT2D eigenvalue weighted by molar-refractivity contribution is 6.03. The number of nitrogens with zero attached hydrogens (tertiary/aromatic N) is 3. The summed E-state index contributed by atoms with van der Waals surface area (Å²) in [7, 11) is 3.26. The van der Waals surface area contributed by atoms with Gasteiger partial charge in [0.25, 0.3) is 5.91 Å². The van der Waals surface area contributed by atoms with Crippen molar-refractivity contribution in [3.63, 3.8) is 0 Å². The van der Waals surface area contributed by atoms with Crippen molar-refractivity contribution in [3.8, 4) is 11.5 Å². The molecule has 0 aliphatic carbocycles. The number of rotatable bonds is 8. The summed E-state index contributed by atoms with van der Waals surface area (Å²) in [4.78, 5) is 28.1. The smallest absolute Gasteiger partial charge is 0.323 e. The number of benzene rings is 2. The van der Waals surface area contributed by atoms with Crippen LogP contribution in [0.4, 0.5) is 0 Å². The van der Waals surface area contributed by atoms with Gasteiger partial charge in [-0.25, -0.2) is 5.01 Å². The molecule has 0 radical (unpaired) electrons. The summed E-state index contributed by atoms with van der Waals surface area (Å²) < 4.78 is 16.0. The normalized spacial score (nSPS) is 20.3. The van der Waals surface area contributed by atoms with Crippen LogP contribution >= 0.6 is 0 Å². The fourth-order valence-corrected chi connectivity index (χ4v) is 4.73. The van der Waals surface area contributed by atoms with Crippen LogP contribution in [-0.2, 0) is 14.3 Å². The van der Waals surface area contributed by atoms with Gasteiger partial charge in [0, 0.05) is 12.0 Å². The van der Waals surface area contributed by atoms with Crippen LogP contribution in [0, 0.1) is 0 Å².